The van der Waals surface area contributed by atoms with Gasteiger partial charge in [0.05, 0.1) is 22.1 Å². The number of fused-ring (bicyclic) bond motifs is 6. The van der Waals surface area contributed by atoms with Crippen molar-refractivity contribution in [3.8, 4) is 35.1 Å². The van der Waals surface area contributed by atoms with Crippen LogP contribution in [0.5, 0.6) is 0 Å². The first-order valence-electron chi connectivity index (χ1n) is 22.8. The topological polar surface area (TPSA) is 9.86 Å². The molecule has 0 aliphatic heterocycles. The molecule has 2 heteroatoms. The number of hydrogen-bond acceptors (Lipinski definition) is 0. The maximum atomic E-state index is 3.41. The molecule has 2 aromatic heterocycles. The molecular weight excluding hydrogens is 773 g/mol. The smallest absolute Gasteiger partial charge is 0.0541 e. The molecule has 318 valence electrons. The molecule has 0 saturated carbocycles. The first-order valence-corrected chi connectivity index (χ1v) is 22.8. The molecule has 0 N–H and O–H groups in total. The molecule has 9 aromatic rings. The summed E-state index contributed by atoms with van der Waals surface area (Å²) in [5.74, 6) is 13.6. The van der Waals surface area contributed by atoms with Crippen LogP contribution < -0.4 is 0 Å². The van der Waals surface area contributed by atoms with Gasteiger partial charge in [0.25, 0.3) is 0 Å². The maximum absolute atomic E-state index is 3.41. The third-order valence-corrected chi connectivity index (χ3v) is 12.8. The van der Waals surface area contributed by atoms with Crippen molar-refractivity contribution >= 4 is 43.6 Å². The molecule has 0 atom stereocenters. The molecule has 0 unspecified atom stereocenters. The SMILES string of the molecule is CC(C)(C)c1ccc2c(c1)c1cc(C(C)(C)C)ccc1n2-c1ccc(C#Cc2cccc(C#Cc3ccc(-n4c5ccc(C(C)(C)C)cc5c5cc(C(C)(C)C)ccc54)cc3)c2)cc1. The Morgan fingerprint density at radius 2 is 0.547 bits per heavy atom. The zero-order valence-corrected chi connectivity index (χ0v) is 39.8. The molecule has 0 saturated heterocycles. The monoisotopic (exact) mass is 832 g/mol. The number of rotatable bonds is 2. The van der Waals surface area contributed by atoms with Crippen LogP contribution in [0.25, 0.3) is 55.0 Å². The van der Waals surface area contributed by atoms with Gasteiger partial charge in [-0.3, -0.25) is 0 Å². The van der Waals surface area contributed by atoms with Crippen LogP contribution in [0.4, 0.5) is 0 Å². The Bertz CT molecular complexity index is 3020. The van der Waals surface area contributed by atoms with Crippen molar-refractivity contribution in [3.63, 3.8) is 0 Å². The molecule has 64 heavy (non-hydrogen) atoms. The van der Waals surface area contributed by atoms with E-state index in [1.54, 1.807) is 0 Å². The Kier molecular flexibility index (Phi) is 10.3. The van der Waals surface area contributed by atoms with Gasteiger partial charge in [-0.1, -0.05) is 137 Å². The van der Waals surface area contributed by atoms with Gasteiger partial charge in [0, 0.05) is 55.2 Å². The molecule has 0 aliphatic carbocycles. The summed E-state index contributed by atoms with van der Waals surface area (Å²) in [6.07, 6.45) is 0. The van der Waals surface area contributed by atoms with Gasteiger partial charge in [0.1, 0.15) is 0 Å². The number of benzene rings is 7. The summed E-state index contributed by atoms with van der Waals surface area (Å²) in [6.45, 7) is 27.4. The van der Waals surface area contributed by atoms with E-state index in [1.165, 1.54) is 65.9 Å². The first kappa shape index (κ1) is 42.6. The van der Waals surface area contributed by atoms with Crippen LogP contribution in [-0.4, -0.2) is 9.13 Å². The van der Waals surface area contributed by atoms with Crippen LogP contribution in [0.2, 0.25) is 0 Å². The van der Waals surface area contributed by atoms with Gasteiger partial charge in [-0.2, -0.15) is 0 Å². The van der Waals surface area contributed by atoms with Crippen molar-refractivity contribution in [1.29, 1.82) is 0 Å². The second-order valence-electron chi connectivity index (χ2n) is 21.8. The van der Waals surface area contributed by atoms with Crippen molar-refractivity contribution in [2.75, 3.05) is 0 Å². The van der Waals surface area contributed by atoms with Crippen molar-refractivity contribution in [2.45, 2.75) is 105 Å². The highest BCUT2D eigenvalue weighted by molar-refractivity contribution is 6.11. The van der Waals surface area contributed by atoms with E-state index in [0.29, 0.717) is 0 Å². The van der Waals surface area contributed by atoms with Gasteiger partial charge in [-0.15, -0.1) is 0 Å². The lowest BCUT2D eigenvalue weighted by Crippen LogP contribution is -2.10. The van der Waals surface area contributed by atoms with Crippen molar-refractivity contribution in [1.82, 2.24) is 9.13 Å². The lowest BCUT2D eigenvalue weighted by atomic mass is 9.85. The van der Waals surface area contributed by atoms with E-state index in [4.69, 9.17) is 0 Å². The van der Waals surface area contributed by atoms with E-state index in [-0.39, 0.29) is 21.7 Å². The highest BCUT2D eigenvalue weighted by atomic mass is 15.0. The fourth-order valence-corrected chi connectivity index (χ4v) is 8.82. The Labute approximate surface area is 381 Å². The van der Waals surface area contributed by atoms with E-state index < -0.39 is 0 Å². The molecule has 0 aliphatic rings. The number of hydrogen-bond donors (Lipinski definition) is 0. The summed E-state index contributed by atoms with van der Waals surface area (Å²) in [6, 6.07) is 53.4. The average Bonchev–Trinajstić information content (AvgIpc) is 3.76. The van der Waals surface area contributed by atoms with Crippen LogP contribution >= 0.6 is 0 Å². The minimum atomic E-state index is 0.0637. The Morgan fingerprint density at radius 1 is 0.281 bits per heavy atom. The van der Waals surface area contributed by atoms with E-state index >= 15 is 0 Å². The highest BCUT2D eigenvalue weighted by Crippen LogP contribution is 2.39. The Balaban J connectivity index is 0.974. The molecule has 0 fully saturated rings. The predicted molar refractivity (Wildman–Crippen MR) is 275 cm³/mol. The molecule has 7 aromatic carbocycles. The summed E-state index contributed by atoms with van der Waals surface area (Å²) in [5.41, 5.74) is 16.6. The van der Waals surface area contributed by atoms with Crippen LogP contribution in [0.1, 0.15) is 128 Å². The first-order chi connectivity index (χ1) is 30.2. The molecule has 0 radical (unpaired) electrons. The molecule has 0 spiro atoms. The van der Waals surface area contributed by atoms with Crippen LogP contribution in [-0.2, 0) is 21.7 Å². The van der Waals surface area contributed by atoms with Crippen LogP contribution in [0, 0.1) is 23.7 Å². The average molecular weight is 833 g/mol. The fourth-order valence-electron chi connectivity index (χ4n) is 8.82. The summed E-state index contributed by atoms with van der Waals surface area (Å²) in [5, 5.41) is 5.17. The van der Waals surface area contributed by atoms with Gasteiger partial charge in [-0.05, 0) is 159 Å². The quantitative estimate of drug-likeness (QED) is 0.154. The van der Waals surface area contributed by atoms with E-state index in [2.05, 4.69) is 255 Å². The molecule has 0 bridgehead atoms. The van der Waals surface area contributed by atoms with Crippen LogP contribution in [0.3, 0.4) is 0 Å². The molecular formula is C62H60N2. The summed E-state index contributed by atoms with van der Waals surface area (Å²) >= 11 is 0. The lowest BCUT2D eigenvalue weighted by molar-refractivity contribution is 0.590. The largest absolute Gasteiger partial charge is 0.309 e. The maximum Gasteiger partial charge on any atom is 0.0541 e. The Morgan fingerprint density at radius 3 is 0.812 bits per heavy atom. The lowest BCUT2D eigenvalue weighted by Gasteiger charge is -2.19. The van der Waals surface area contributed by atoms with Gasteiger partial charge >= 0.3 is 0 Å². The minimum absolute atomic E-state index is 0.0637. The molecule has 9 rings (SSSR count). The summed E-state index contributed by atoms with van der Waals surface area (Å²) in [7, 11) is 0. The number of aromatic nitrogens is 2. The van der Waals surface area contributed by atoms with Crippen molar-refractivity contribution < 1.29 is 0 Å². The normalized spacial score (nSPS) is 12.4. The minimum Gasteiger partial charge on any atom is -0.309 e. The van der Waals surface area contributed by atoms with Gasteiger partial charge in [0.2, 0.25) is 0 Å². The van der Waals surface area contributed by atoms with E-state index in [0.717, 1.165) is 33.6 Å². The zero-order chi connectivity index (χ0) is 45.3. The van der Waals surface area contributed by atoms with Gasteiger partial charge in [-0.25, -0.2) is 0 Å². The second-order valence-corrected chi connectivity index (χ2v) is 21.8. The summed E-state index contributed by atoms with van der Waals surface area (Å²) in [4.78, 5) is 0. The van der Waals surface area contributed by atoms with Crippen molar-refractivity contribution in [3.05, 3.63) is 190 Å². The third-order valence-electron chi connectivity index (χ3n) is 12.8. The molecule has 0 amide bonds. The van der Waals surface area contributed by atoms with Crippen molar-refractivity contribution in [2.24, 2.45) is 0 Å². The zero-order valence-electron chi connectivity index (χ0n) is 39.8. The van der Waals surface area contributed by atoms with Gasteiger partial charge < -0.3 is 9.13 Å². The standard InChI is InChI=1S/C62H60N2/c1-59(2,3)45-24-32-55-51(37-45)52-38-46(60(4,5)6)25-33-56(52)63(55)49-28-20-41(21-29-49)16-18-43-14-13-15-44(36-43)19-17-42-22-30-50(31-23-42)64-57-34-26-47(61(7,8)9)39-53(57)54-40-48(62(10,11)12)27-35-58(54)64/h13-15,20-40H,1-12H3. The third kappa shape index (κ3) is 8.15. The van der Waals surface area contributed by atoms with E-state index in [1.807, 2.05) is 6.07 Å². The highest BCUT2D eigenvalue weighted by Gasteiger charge is 2.23. The van der Waals surface area contributed by atoms with E-state index in [9.17, 15) is 0 Å². The molecule has 2 nitrogen and oxygen atoms in total. The molecule has 2 heterocycles. The predicted octanol–water partition coefficient (Wildman–Crippen LogP) is 15.9. The van der Waals surface area contributed by atoms with Gasteiger partial charge in [0.15, 0.2) is 0 Å². The fraction of sp³-hybridized carbons (Fsp3) is 0.258. The van der Waals surface area contributed by atoms with Crippen LogP contribution in [0.15, 0.2) is 146 Å². The second kappa shape index (κ2) is 15.5. The Hall–Kier alpha value is -6.74. The number of nitrogens with zero attached hydrogens (tertiary/aromatic N) is 2. The summed E-state index contributed by atoms with van der Waals surface area (Å²) < 4.78 is 4.79.